The third kappa shape index (κ3) is 1.90. The fraction of sp³-hybridized carbons (Fsp3) is 0.778. The predicted molar refractivity (Wildman–Crippen MR) is 54.6 cm³/mol. The smallest absolute Gasteiger partial charge is 0.411 e. The Morgan fingerprint density at radius 3 is 2.60 bits per heavy atom. The Morgan fingerprint density at radius 1 is 1.47 bits per heavy atom. The highest BCUT2D eigenvalue weighted by Gasteiger charge is 2.48. The van der Waals surface area contributed by atoms with Crippen molar-refractivity contribution in [2.24, 2.45) is 5.92 Å². The minimum atomic E-state index is -0.948. The summed E-state index contributed by atoms with van der Waals surface area (Å²) in [6.45, 7) is 0. The zero-order chi connectivity index (χ0) is 11.0. The van der Waals surface area contributed by atoms with Gasteiger partial charge < -0.3 is 9.84 Å². The minimum absolute atomic E-state index is 0.00134. The molecule has 1 saturated heterocycles. The molecule has 2 atom stereocenters. The Labute approximate surface area is 91.8 Å². The third-order valence-electron chi connectivity index (χ3n) is 2.73. The summed E-state index contributed by atoms with van der Waals surface area (Å²) in [6, 6.07) is -0.729. The maximum absolute atomic E-state index is 11.5. The number of carboxylic acids is 1. The van der Waals surface area contributed by atoms with Gasteiger partial charge in [0.2, 0.25) is 0 Å². The molecule has 1 N–H and O–H groups in total. The quantitative estimate of drug-likeness (QED) is 0.767. The number of hydrogen-bond acceptors (Lipinski definition) is 4. The number of carbonyl (C=O) groups is 2. The molecule has 2 fully saturated rings. The zero-order valence-electron chi connectivity index (χ0n) is 8.38. The maximum atomic E-state index is 11.5. The zero-order valence-corrected chi connectivity index (χ0v) is 9.20. The summed E-state index contributed by atoms with van der Waals surface area (Å²) in [5.41, 5.74) is 0. The monoisotopic (exact) mass is 231 g/mol. The van der Waals surface area contributed by atoms with E-state index in [9.17, 15) is 9.59 Å². The largest absolute Gasteiger partial charge is 0.480 e. The van der Waals surface area contributed by atoms with Crippen molar-refractivity contribution in [1.82, 2.24) is 4.90 Å². The van der Waals surface area contributed by atoms with Gasteiger partial charge in [0, 0.05) is 5.75 Å². The average molecular weight is 231 g/mol. The van der Waals surface area contributed by atoms with Crippen molar-refractivity contribution < 1.29 is 19.4 Å². The molecule has 0 bridgehead atoms. The van der Waals surface area contributed by atoms with Crippen LogP contribution in [0.15, 0.2) is 0 Å². The van der Waals surface area contributed by atoms with E-state index >= 15 is 0 Å². The lowest BCUT2D eigenvalue weighted by molar-refractivity contribution is -0.141. The number of hydrogen-bond donors (Lipinski definition) is 1. The van der Waals surface area contributed by atoms with E-state index in [0.717, 1.165) is 12.8 Å². The number of thioether (sulfide) groups is 1. The second-order valence-corrected chi connectivity index (χ2v) is 4.94. The second-order valence-electron chi connectivity index (χ2n) is 3.79. The molecule has 5 nitrogen and oxygen atoms in total. The predicted octanol–water partition coefficient (Wildman–Crippen LogP) is 0.991. The fourth-order valence-corrected chi connectivity index (χ4v) is 3.42. The molecule has 2 rings (SSSR count). The summed E-state index contributed by atoms with van der Waals surface area (Å²) >= 11 is 1.55. The summed E-state index contributed by atoms with van der Waals surface area (Å²) < 4.78 is 4.63. The van der Waals surface area contributed by atoms with E-state index in [4.69, 9.17) is 5.11 Å². The third-order valence-corrected chi connectivity index (χ3v) is 4.19. The van der Waals surface area contributed by atoms with Crippen LogP contribution in [0.25, 0.3) is 0 Å². The van der Waals surface area contributed by atoms with Gasteiger partial charge in [-0.3, -0.25) is 4.90 Å². The van der Waals surface area contributed by atoms with Crippen LogP contribution in [0.5, 0.6) is 0 Å². The number of aliphatic carboxylic acids is 1. The van der Waals surface area contributed by atoms with Crippen LogP contribution < -0.4 is 0 Å². The molecule has 15 heavy (non-hydrogen) atoms. The van der Waals surface area contributed by atoms with E-state index in [-0.39, 0.29) is 5.37 Å². The number of methoxy groups -OCH3 is 1. The van der Waals surface area contributed by atoms with Gasteiger partial charge in [0.1, 0.15) is 6.04 Å². The topological polar surface area (TPSA) is 66.8 Å². The highest BCUT2D eigenvalue weighted by atomic mass is 32.2. The summed E-state index contributed by atoms with van der Waals surface area (Å²) in [6.07, 6.45) is 1.64. The lowest BCUT2D eigenvalue weighted by Crippen LogP contribution is -2.46. The van der Waals surface area contributed by atoms with E-state index < -0.39 is 18.1 Å². The molecular weight excluding hydrogens is 218 g/mol. The van der Waals surface area contributed by atoms with Gasteiger partial charge >= 0.3 is 12.1 Å². The van der Waals surface area contributed by atoms with Gasteiger partial charge in [-0.05, 0) is 18.8 Å². The van der Waals surface area contributed by atoms with E-state index in [1.807, 2.05) is 0 Å². The van der Waals surface area contributed by atoms with Gasteiger partial charge in [0.15, 0.2) is 0 Å². The van der Waals surface area contributed by atoms with Crippen molar-refractivity contribution in [1.29, 1.82) is 0 Å². The summed E-state index contributed by atoms with van der Waals surface area (Å²) in [5.74, 6) is -0.0273. The number of nitrogens with zero attached hydrogens (tertiary/aromatic N) is 1. The van der Waals surface area contributed by atoms with E-state index in [0.29, 0.717) is 11.7 Å². The molecule has 1 saturated carbocycles. The average Bonchev–Trinajstić information content (AvgIpc) is 2.95. The van der Waals surface area contributed by atoms with Crippen LogP contribution in [0, 0.1) is 5.92 Å². The van der Waals surface area contributed by atoms with Gasteiger partial charge in [0.05, 0.1) is 12.5 Å². The van der Waals surface area contributed by atoms with Crippen LogP contribution >= 0.6 is 11.8 Å². The molecule has 0 aromatic rings. The van der Waals surface area contributed by atoms with E-state index in [2.05, 4.69) is 4.74 Å². The molecule has 1 aliphatic carbocycles. The molecular formula is C9H13NO4S. The molecule has 0 aromatic heterocycles. The first kappa shape index (κ1) is 10.6. The summed E-state index contributed by atoms with van der Waals surface area (Å²) in [7, 11) is 1.29. The molecule has 1 heterocycles. The van der Waals surface area contributed by atoms with Crippen LogP contribution in [0.2, 0.25) is 0 Å². The first-order valence-electron chi connectivity index (χ1n) is 4.86. The van der Waals surface area contributed by atoms with Crippen molar-refractivity contribution in [3.05, 3.63) is 0 Å². The van der Waals surface area contributed by atoms with Gasteiger partial charge in [-0.15, -0.1) is 11.8 Å². The molecule has 0 aromatic carbocycles. The number of carboxylic acid groups (broad SMARTS) is 1. The second kappa shape index (κ2) is 3.92. The van der Waals surface area contributed by atoms with Crippen molar-refractivity contribution in [3.8, 4) is 0 Å². The van der Waals surface area contributed by atoms with Gasteiger partial charge in [0.25, 0.3) is 0 Å². The first-order chi connectivity index (χ1) is 7.15. The Hall–Kier alpha value is -0.910. The van der Waals surface area contributed by atoms with Crippen LogP contribution in [-0.2, 0) is 9.53 Å². The molecule has 84 valence electrons. The van der Waals surface area contributed by atoms with E-state index in [1.165, 1.54) is 12.0 Å². The maximum Gasteiger partial charge on any atom is 0.411 e. The number of ether oxygens (including phenoxy) is 1. The molecule has 1 amide bonds. The highest BCUT2D eigenvalue weighted by molar-refractivity contribution is 8.00. The lowest BCUT2D eigenvalue weighted by Gasteiger charge is -2.25. The van der Waals surface area contributed by atoms with Crippen molar-refractivity contribution in [2.45, 2.75) is 24.3 Å². The van der Waals surface area contributed by atoms with Crippen molar-refractivity contribution in [2.75, 3.05) is 12.9 Å². The van der Waals surface area contributed by atoms with Crippen LogP contribution in [0.4, 0.5) is 4.79 Å². The van der Waals surface area contributed by atoms with E-state index in [1.54, 1.807) is 11.8 Å². The minimum Gasteiger partial charge on any atom is -0.480 e. The standard InChI is InChI=1S/C9H13NO4S/c1-14-9(13)10-6(8(11)12)4-15-7(10)5-2-3-5/h5-7H,2-4H2,1H3,(H,11,12). The number of carbonyl (C=O) groups excluding carboxylic acids is 1. The Balaban J connectivity index is 2.14. The molecule has 6 heteroatoms. The molecule has 0 radical (unpaired) electrons. The first-order valence-corrected chi connectivity index (χ1v) is 5.90. The Kier molecular flexibility index (Phi) is 2.77. The Bertz CT molecular complexity index is 292. The summed E-state index contributed by atoms with van der Waals surface area (Å²) in [5, 5.41) is 8.98. The van der Waals surface area contributed by atoms with Crippen molar-refractivity contribution >= 4 is 23.8 Å². The van der Waals surface area contributed by atoms with Gasteiger partial charge in [-0.1, -0.05) is 0 Å². The fourth-order valence-electron chi connectivity index (χ4n) is 1.80. The van der Waals surface area contributed by atoms with Crippen LogP contribution in [0.1, 0.15) is 12.8 Å². The normalized spacial score (nSPS) is 30.3. The molecule has 1 aliphatic heterocycles. The summed E-state index contributed by atoms with van der Waals surface area (Å²) in [4.78, 5) is 23.8. The van der Waals surface area contributed by atoms with Gasteiger partial charge in [-0.25, -0.2) is 9.59 Å². The Morgan fingerprint density at radius 2 is 2.13 bits per heavy atom. The van der Waals surface area contributed by atoms with Crippen LogP contribution in [0.3, 0.4) is 0 Å². The lowest BCUT2D eigenvalue weighted by atomic mass is 10.2. The SMILES string of the molecule is COC(=O)N1C(C(=O)O)CSC1C1CC1. The van der Waals surface area contributed by atoms with Crippen LogP contribution in [-0.4, -0.2) is 46.3 Å². The van der Waals surface area contributed by atoms with Crippen molar-refractivity contribution in [3.63, 3.8) is 0 Å². The number of rotatable bonds is 2. The molecule has 0 spiro atoms. The highest BCUT2D eigenvalue weighted by Crippen LogP contribution is 2.45. The molecule has 2 unspecified atom stereocenters. The molecule has 2 aliphatic rings. The number of amides is 1. The van der Waals surface area contributed by atoms with Gasteiger partial charge in [-0.2, -0.15) is 0 Å².